The maximum atomic E-state index is 13.9. The fourth-order valence-corrected chi connectivity index (χ4v) is 3.19. The highest BCUT2D eigenvalue weighted by molar-refractivity contribution is 6.02. The van der Waals surface area contributed by atoms with Gasteiger partial charge in [-0.1, -0.05) is 35.9 Å². The fourth-order valence-electron chi connectivity index (χ4n) is 3.19. The Morgan fingerprint density at radius 2 is 1.36 bits per heavy atom. The highest BCUT2D eigenvalue weighted by Crippen LogP contribution is 2.26. The van der Waals surface area contributed by atoms with Crippen molar-refractivity contribution in [3.8, 4) is 0 Å². The molecule has 0 unspecified atom stereocenters. The summed E-state index contributed by atoms with van der Waals surface area (Å²) in [6.07, 6.45) is 0. The minimum Gasteiger partial charge on any atom is -0.251 e. The van der Waals surface area contributed by atoms with Crippen molar-refractivity contribution in [3.63, 3.8) is 0 Å². The summed E-state index contributed by atoms with van der Waals surface area (Å²) in [5.74, 6) is -0.346. The topological polar surface area (TPSA) is 37.6 Å². The van der Waals surface area contributed by atoms with Crippen LogP contribution in [0.25, 0.3) is 0 Å². The molecule has 0 radical (unpaired) electrons. The van der Waals surface area contributed by atoms with Crippen LogP contribution in [0.4, 0.5) is 15.8 Å². The van der Waals surface area contributed by atoms with Crippen molar-refractivity contribution >= 4 is 22.8 Å². The van der Waals surface area contributed by atoms with Gasteiger partial charge in [0.2, 0.25) is 0 Å². The molecule has 3 aromatic rings. The minimum atomic E-state index is -0.346. The quantitative estimate of drug-likeness (QED) is 0.486. The zero-order valence-corrected chi connectivity index (χ0v) is 16.9. The first-order valence-corrected chi connectivity index (χ1v) is 9.26. The average Bonchev–Trinajstić information content (AvgIpc) is 2.66. The van der Waals surface area contributed by atoms with Crippen molar-refractivity contribution in [2.24, 2.45) is 9.98 Å². The van der Waals surface area contributed by atoms with Crippen LogP contribution >= 0.6 is 0 Å². The van der Waals surface area contributed by atoms with E-state index in [1.165, 1.54) is 11.6 Å². The second kappa shape index (κ2) is 8.26. The Kier molecular flexibility index (Phi) is 5.78. The van der Waals surface area contributed by atoms with Gasteiger partial charge >= 0.3 is 0 Å². The van der Waals surface area contributed by atoms with Gasteiger partial charge in [0.25, 0.3) is 0 Å². The largest absolute Gasteiger partial charge is 0.251 e. The maximum absolute atomic E-state index is 13.9. The number of rotatable bonds is 4. The molecule has 2 aromatic carbocycles. The molecule has 0 aliphatic carbocycles. The number of para-hydroxylation sites is 1. The van der Waals surface area contributed by atoms with Gasteiger partial charge in [0.05, 0.1) is 34.2 Å². The van der Waals surface area contributed by atoms with E-state index in [0.717, 1.165) is 28.2 Å². The number of nitrogens with zero attached hydrogens (tertiary/aromatic N) is 3. The molecule has 1 aromatic heterocycles. The third-order valence-electron chi connectivity index (χ3n) is 4.55. The first kappa shape index (κ1) is 19.6. The molecule has 0 saturated heterocycles. The van der Waals surface area contributed by atoms with E-state index >= 15 is 0 Å². The Labute approximate surface area is 165 Å². The molecule has 0 N–H and O–H groups in total. The second-order valence-electron chi connectivity index (χ2n) is 7.00. The lowest BCUT2D eigenvalue weighted by Gasteiger charge is -2.09. The molecule has 4 heteroatoms. The van der Waals surface area contributed by atoms with Gasteiger partial charge in [-0.25, -0.2) is 14.4 Å². The van der Waals surface area contributed by atoms with Crippen molar-refractivity contribution in [1.29, 1.82) is 0 Å². The van der Waals surface area contributed by atoms with Crippen LogP contribution < -0.4 is 0 Å². The number of pyridine rings is 1. The predicted molar refractivity (Wildman–Crippen MR) is 115 cm³/mol. The van der Waals surface area contributed by atoms with Gasteiger partial charge in [-0.05, 0) is 70.0 Å². The van der Waals surface area contributed by atoms with E-state index in [0.29, 0.717) is 17.1 Å². The Morgan fingerprint density at radius 3 is 1.96 bits per heavy atom. The van der Waals surface area contributed by atoms with E-state index < -0.39 is 0 Å². The molecule has 0 bridgehead atoms. The smallest absolute Gasteiger partial charge is 0.148 e. The van der Waals surface area contributed by atoms with Gasteiger partial charge in [-0.15, -0.1) is 0 Å². The number of aryl methyl sites for hydroxylation is 3. The van der Waals surface area contributed by atoms with Crippen molar-refractivity contribution in [2.75, 3.05) is 0 Å². The molecule has 28 heavy (non-hydrogen) atoms. The molecule has 1 heterocycles. The molecule has 0 fully saturated rings. The number of hydrogen-bond donors (Lipinski definition) is 0. The maximum Gasteiger partial charge on any atom is 0.148 e. The van der Waals surface area contributed by atoms with Gasteiger partial charge < -0.3 is 0 Å². The van der Waals surface area contributed by atoms with Crippen LogP contribution in [0.3, 0.4) is 0 Å². The zero-order chi connectivity index (χ0) is 20.3. The van der Waals surface area contributed by atoms with Crippen molar-refractivity contribution in [1.82, 2.24) is 4.98 Å². The molecular weight excluding hydrogens is 349 g/mol. The Hall–Kier alpha value is -3.14. The van der Waals surface area contributed by atoms with Crippen LogP contribution in [0.2, 0.25) is 0 Å². The normalized spacial score (nSPS) is 12.4. The number of halogens is 1. The van der Waals surface area contributed by atoms with Gasteiger partial charge in [-0.2, -0.15) is 0 Å². The van der Waals surface area contributed by atoms with E-state index in [1.807, 2.05) is 32.0 Å². The summed E-state index contributed by atoms with van der Waals surface area (Å²) in [7, 11) is 0. The first-order chi connectivity index (χ1) is 13.3. The van der Waals surface area contributed by atoms with Crippen LogP contribution in [-0.4, -0.2) is 16.4 Å². The SMILES string of the molecule is C/C(=N\c1ccccc1F)c1cccc(/C(C)=N/c2c(C)cc(C)cc2C)n1. The molecule has 142 valence electrons. The molecule has 0 saturated carbocycles. The van der Waals surface area contributed by atoms with E-state index in [4.69, 9.17) is 4.99 Å². The van der Waals surface area contributed by atoms with Gasteiger partial charge in [-0.3, -0.25) is 4.99 Å². The summed E-state index contributed by atoms with van der Waals surface area (Å²) in [5.41, 5.74) is 7.77. The molecule has 0 atom stereocenters. The van der Waals surface area contributed by atoms with Crippen LogP contribution in [0.1, 0.15) is 41.9 Å². The number of hydrogen-bond acceptors (Lipinski definition) is 3. The van der Waals surface area contributed by atoms with Gasteiger partial charge in [0.15, 0.2) is 0 Å². The molecule has 3 nitrogen and oxygen atoms in total. The summed E-state index contributed by atoms with van der Waals surface area (Å²) < 4.78 is 13.9. The summed E-state index contributed by atoms with van der Waals surface area (Å²) in [5, 5.41) is 0. The minimum absolute atomic E-state index is 0.309. The highest BCUT2D eigenvalue weighted by atomic mass is 19.1. The molecule has 3 rings (SSSR count). The summed E-state index contributed by atoms with van der Waals surface area (Å²) in [6, 6.07) is 16.5. The summed E-state index contributed by atoms with van der Waals surface area (Å²) >= 11 is 0. The number of aliphatic imine (C=N–C) groups is 2. The molecule has 0 spiro atoms. The lowest BCUT2D eigenvalue weighted by atomic mass is 10.1. The molecule has 0 amide bonds. The van der Waals surface area contributed by atoms with E-state index in [9.17, 15) is 4.39 Å². The van der Waals surface area contributed by atoms with Crippen LogP contribution in [0.5, 0.6) is 0 Å². The first-order valence-electron chi connectivity index (χ1n) is 9.26. The lowest BCUT2D eigenvalue weighted by Crippen LogP contribution is -2.05. The van der Waals surface area contributed by atoms with E-state index in [1.54, 1.807) is 18.2 Å². The van der Waals surface area contributed by atoms with E-state index in [2.05, 4.69) is 42.9 Å². The second-order valence-corrected chi connectivity index (χ2v) is 7.00. The number of benzene rings is 2. The zero-order valence-electron chi connectivity index (χ0n) is 16.9. The Bertz CT molecular complexity index is 1060. The van der Waals surface area contributed by atoms with Crippen molar-refractivity contribution in [3.05, 3.63) is 88.5 Å². The van der Waals surface area contributed by atoms with Gasteiger partial charge in [0.1, 0.15) is 5.82 Å². The van der Waals surface area contributed by atoms with Crippen LogP contribution in [0, 0.1) is 26.6 Å². The Morgan fingerprint density at radius 1 is 0.786 bits per heavy atom. The lowest BCUT2D eigenvalue weighted by molar-refractivity contribution is 0.630. The summed E-state index contributed by atoms with van der Waals surface area (Å²) in [4.78, 5) is 13.9. The number of aromatic nitrogens is 1. The average molecular weight is 373 g/mol. The van der Waals surface area contributed by atoms with Crippen LogP contribution in [-0.2, 0) is 0 Å². The highest BCUT2D eigenvalue weighted by Gasteiger charge is 2.08. The van der Waals surface area contributed by atoms with Gasteiger partial charge in [0, 0.05) is 0 Å². The van der Waals surface area contributed by atoms with E-state index in [-0.39, 0.29) is 5.82 Å². The summed E-state index contributed by atoms with van der Waals surface area (Å²) in [6.45, 7) is 10.0. The monoisotopic (exact) mass is 373 g/mol. The fraction of sp³-hybridized carbons (Fsp3) is 0.208. The molecule has 0 aliphatic rings. The van der Waals surface area contributed by atoms with Crippen molar-refractivity contribution in [2.45, 2.75) is 34.6 Å². The van der Waals surface area contributed by atoms with Crippen molar-refractivity contribution < 1.29 is 4.39 Å². The van der Waals surface area contributed by atoms with Crippen LogP contribution in [0.15, 0.2) is 64.6 Å². The third kappa shape index (κ3) is 4.39. The molecular formula is C24H24FN3. The standard InChI is InChI=1S/C24H24FN3/c1-15-13-16(2)24(17(3)14-15)27-19(5)22-12-8-11-21(28-22)18(4)26-23-10-7-6-9-20(23)25/h6-14H,1-5H3/b26-18+,27-19+. The molecule has 0 aliphatic heterocycles. The Balaban J connectivity index is 1.96. The third-order valence-corrected chi connectivity index (χ3v) is 4.55. The predicted octanol–water partition coefficient (Wildman–Crippen LogP) is 6.43.